The maximum absolute atomic E-state index is 6.39. The zero-order valence-corrected chi connectivity index (χ0v) is 12.9. The molecule has 0 bridgehead atoms. The minimum atomic E-state index is 0.453. The van der Waals surface area contributed by atoms with Gasteiger partial charge in [0.05, 0.1) is 7.11 Å². The molecular formula is C17H15ClN2O. The molecule has 3 nitrogen and oxygen atoms in total. The molecule has 3 rings (SSSR count). The van der Waals surface area contributed by atoms with E-state index < -0.39 is 0 Å². The van der Waals surface area contributed by atoms with Crippen molar-refractivity contribution in [2.75, 3.05) is 7.11 Å². The second kappa shape index (κ2) is 5.34. The van der Waals surface area contributed by atoms with Crippen LogP contribution in [0.4, 0.5) is 0 Å². The molecule has 0 saturated heterocycles. The third-order valence-corrected chi connectivity index (χ3v) is 3.86. The maximum Gasteiger partial charge on any atom is 0.161 e. The summed E-state index contributed by atoms with van der Waals surface area (Å²) in [6.45, 7) is 4.02. The van der Waals surface area contributed by atoms with E-state index in [9.17, 15) is 0 Å². The number of halogens is 1. The third kappa shape index (κ3) is 2.34. The van der Waals surface area contributed by atoms with Gasteiger partial charge in [-0.15, -0.1) is 0 Å². The molecule has 3 aromatic rings. The van der Waals surface area contributed by atoms with Crippen LogP contribution in [0, 0.1) is 13.8 Å². The van der Waals surface area contributed by atoms with Crippen molar-refractivity contribution in [3.8, 4) is 17.1 Å². The van der Waals surface area contributed by atoms with Crippen LogP contribution in [0.5, 0.6) is 5.75 Å². The summed E-state index contributed by atoms with van der Waals surface area (Å²) in [5, 5.41) is 1.29. The van der Waals surface area contributed by atoms with E-state index in [1.54, 1.807) is 7.11 Å². The van der Waals surface area contributed by atoms with Gasteiger partial charge in [-0.25, -0.2) is 9.97 Å². The fourth-order valence-corrected chi connectivity index (χ4v) is 2.75. The van der Waals surface area contributed by atoms with Crippen molar-refractivity contribution in [2.45, 2.75) is 13.8 Å². The minimum Gasteiger partial charge on any atom is -0.494 e. The minimum absolute atomic E-state index is 0.453. The number of aryl methyl sites for hydroxylation is 2. The van der Waals surface area contributed by atoms with Crippen LogP contribution in [-0.2, 0) is 0 Å². The van der Waals surface area contributed by atoms with E-state index in [1.807, 2.05) is 50.2 Å². The Balaban J connectivity index is 2.35. The van der Waals surface area contributed by atoms with Crippen LogP contribution in [0.2, 0.25) is 5.15 Å². The highest BCUT2D eigenvalue weighted by Crippen LogP contribution is 2.33. The molecule has 1 aromatic heterocycles. The van der Waals surface area contributed by atoms with E-state index in [0.29, 0.717) is 16.7 Å². The first-order valence-electron chi connectivity index (χ1n) is 6.68. The van der Waals surface area contributed by atoms with Crippen LogP contribution >= 0.6 is 11.6 Å². The molecule has 2 aromatic carbocycles. The average Bonchev–Trinajstić information content (AvgIpc) is 2.47. The Kier molecular flexibility index (Phi) is 3.52. The highest BCUT2D eigenvalue weighted by atomic mass is 35.5. The van der Waals surface area contributed by atoms with Gasteiger partial charge in [0.1, 0.15) is 16.4 Å². The van der Waals surface area contributed by atoms with Gasteiger partial charge in [-0.2, -0.15) is 0 Å². The molecular weight excluding hydrogens is 284 g/mol. The molecule has 0 N–H and O–H groups in total. The van der Waals surface area contributed by atoms with Gasteiger partial charge in [-0.3, -0.25) is 0 Å². The Morgan fingerprint density at radius 2 is 1.71 bits per heavy atom. The van der Waals surface area contributed by atoms with Crippen molar-refractivity contribution in [3.63, 3.8) is 0 Å². The number of hydrogen-bond donors (Lipinski definition) is 0. The van der Waals surface area contributed by atoms with Gasteiger partial charge in [0, 0.05) is 10.9 Å². The summed E-state index contributed by atoms with van der Waals surface area (Å²) in [5.74, 6) is 1.32. The van der Waals surface area contributed by atoms with Crippen LogP contribution < -0.4 is 4.74 Å². The molecule has 0 saturated carbocycles. The monoisotopic (exact) mass is 298 g/mol. The average molecular weight is 299 g/mol. The predicted molar refractivity (Wildman–Crippen MR) is 86.0 cm³/mol. The highest BCUT2D eigenvalue weighted by molar-refractivity contribution is 6.34. The molecule has 0 atom stereocenters. The van der Waals surface area contributed by atoms with E-state index in [-0.39, 0.29) is 0 Å². The van der Waals surface area contributed by atoms with Gasteiger partial charge in [0.25, 0.3) is 0 Å². The number of fused-ring (bicyclic) bond motifs is 1. The van der Waals surface area contributed by atoms with Crippen LogP contribution in [0.15, 0.2) is 36.4 Å². The van der Waals surface area contributed by atoms with Crippen molar-refractivity contribution in [1.82, 2.24) is 9.97 Å². The van der Waals surface area contributed by atoms with Gasteiger partial charge in [0.15, 0.2) is 5.82 Å². The lowest BCUT2D eigenvalue weighted by Gasteiger charge is -2.11. The number of nitrogens with zero attached hydrogens (tertiary/aromatic N) is 2. The quantitative estimate of drug-likeness (QED) is 0.650. The van der Waals surface area contributed by atoms with Gasteiger partial charge in [-0.05, 0) is 31.0 Å². The highest BCUT2D eigenvalue weighted by Gasteiger charge is 2.14. The van der Waals surface area contributed by atoms with Gasteiger partial charge >= 0.3 is 0 Å². The summed E-state index contributed by atoms with van der Waals surface area (Å²) in [5.41, 5.74) is 3.87. The largest absolute Gasteiger partial charge is 0.494 e. The smallest absolute Gasteiger partial charge is 0.161 e. The Morgan fingerprint density at radius 1 is 0.952 bits per heavy atom. The van der Waals surface area contributed by atoms with E-state index in [4.69, 9.17) is 16.3 Å². The second-order valence-corrected chi connectivity index (χ2v) is 5.32. The Labute approximate surface area is 128 Å². The maximum atomic E-state index is 6.39. The fourth-order valence-electron chi connectivity index (χ4n) is 2.43. The molecule has 106 valence electrons. The molecule has 0 aliphatic heterocycles. The summed E-state index contributed by atoms with van der Waals surface area (Å²) >= 11 is 6.39. The Bertz CT molecular complexity index is 830. The SMILES string of the molecule is COc1ccc(C)c2c(Cl)nc(-c3ccccc3C)nc12. The first-order valence-corrected chi connectivity index (χ1v) is 7.06. The van der Waals surface area contributed by atoms with Crippen LogP contribution in [-0.4, -0.2) is 17.1 Å². The van der Waals surface area contributed by atoms with Gasteiger partial charge in [0.2, 0.25) is 0 Å². The summed E-state index contributed by atoms with van der Waals surface area (Å²) in [6, 6.07) is 11.9. The fraction of sp³-hybridized carbons (Fsp3) is 0.176. The topological polar surface area (TPSA) is 35.0 Å². The molecule has 0 radical (unpaired) electrons. The Morgan fingerprint density at radius 3 is 2.43 bits per heavy atom. The van der Waals surface area contributed by atoms with Crippen molar-refractivity contribution in [3.05, 3.63) is 52.7 Å². The molecule has 4 heteroatoms. The van der Waals surface area contributed by atoms with E-state index in [0.717, 1.165) is 27.6 Å². The normalized spacial score (nSPS) is 10.9. The number of methoxy groups -OCH3 is 1. The third-order valence-electron chi connectivity index (χ3n) is 3.58. The number of hydrogen-bond acceptors (Lipinski definition) is 3. The summed E-state index contributed by atoms with van der Waals surface area (Å²) in [4.78, 5) is 9.15. The molecule has 0 fully saturated rings. The molecule has 0 amide bonds. The van der Waals surface area contributed by atoms with Crippen molar-refractivity contribution in [1.29, 1.82) is 0 Å². The molecule has 21 heavy (non-hydrogen) atoms. The van der Waals surface area contributed by atoms with Crippen molar-refractivity contribution in [2.24, 2.45) is 0 Å². The number of aromatic nitrogens is 2. The standard InChI is InChI=1S/C17H15ClN2O/c1-10-6-4-5-7-12(10)17-19-15-13(21-3)9-8-11(2)14(15)16(18)20-17/h4-9H,1-3H3. The molecule has 0 spiro atoms. The zero-order valence-electron chi connectivity index (χ0n) is 12.1. The second-order valence-electron chi connectivity index (χ2n) is 4.96. The van der Waals surface area contributed by atoms with Gasteiger partial charge < -0.3 is 4.74 Å². The lowest BCUT2D eigenvalue weighted by atomic mass is 10.1. The molecule has 1 heterocycles. The lowest BCUT2D eigenvalue weighted by molar-refractivity contribution is 0.419. The molecule has 0 aliphatic carbocycles. The summed E-state index contributed by atoms with van der Waals surface area (Å²) < 4.78 is 5.41. The van der Waals surface area contributed by atoms with Crippen molar-refractivity contribution >= 4 is 22.5 Å². The van der Waals surface area contributed by atoms with Crippen LogP contribution in [0.1, 0.15) is 11.1 Å². The van der Waals surface area contributed by atoms with E-state index in [1.165, 1.54) is 0 Å². The lowest BCUT2D eigenvalue weighted by Crippen LogP contribution is -1.97. The van der Waals surface area contributed by atoms with Crippen molar-refractivity contribution < 1.29 is 4.74 Å². The number of rotatable bonds is 2. The first kappa shape index (κ1) is 13.8. The van der Waals surface area contributed by atoms with Crippen LogP contribution in [0.25, 0.3) is 22.3 Å². The number of benzene rings is 2. The molecule has 0 unspecified atom stereocenters. The van der Waals surface area contributed by atoms with Gasteiger partial charge in [-0.1, -0.05) is 41.9 Å². The Hall–Kier alpha value is -2.13. The van der Waals surface area contributed by atoms with E-state index in [2.05, 4.69) is 9.97 Å². The van der Waals surface area contributed by atoms with Crippen LogP contribution in [0.3, 0.4) is 0 Å². The first-order chi connectivity index (χ1) is 10.1. The number of ether oxygens (including phenoxy) is 1. The zero-order chi connectivity index (χ0) is 15.0. The molecule has 0 aliphatic rings. The predicted octanol–water partition coefficient (Wildman–Crippen LogP) is 4.58. The summed E-state index contributed by atoms with van der Waals surface area (Å²) in [6.07, 6.45) is 0. The van der Waals surface area contributed by atoms with E-state index >= 15 is 0 Å². The summed E-state index contributed by atoms with van der Waals surface area (Å²) in [7, 11) is 1.63.